The Kier molecular flexibility index (Phi) is 6.24. The van der Waals surface area contributed by atoms with Crippen LogP contribution in [0.4, 0.5) is 4.79 Å². The van der Waals surface area contributed by atoms with Crippen LogP contribution < -0.4 is 5.32 Å². The number of carbonyl (C=O) groups is 2. The molecule has 4 aliphatic rings. The summed E-state index contributed by atoms with van der Waals surface area (Å²) < 4.78 is 4.78. The average Bonchev–Trinajstić information content (AvgIpc) is 3.73. The predicted octanol–water partition coefficient (Wildman–Crippen LogP) is 4.65. The number of carbonyl (C=O) groups excluding carboxylic acids is 2. The largest absolute Gasteiger partial charge is 0.453 e. The molecule has 2 saturated heterocycles. The number of nitrogens with one attached hydrogen (secondary N) is 3. The van der Waals surface area contributed by atoms with Gasteiger partial charge in [-0.05, 0) is 86.9 Å². The number of aromatic amines is 2. The highest BCUT2D eigenvalue weighted by Crippen LogP contribution is 2.54. The van der Waals surface area contributed by atoms with Crippen molar-refractivity contribution in [1.82, 2.24) is 35.1 Å². The third-order valence-corrected chi connectivity index (χ3v) is 10.2. The molecule has 10 heteroatoms. The van der Waals surface area contributed by atoms with E-state index >= 15 is 0 Å². The summed E-state index contributed by atoms with van der Waals surface area (Å²) in [6.07, 6.45) is 3.77. The monoisotopic (exact) mass is 591 g/mol. The van der Waals surface area contributed by atoms with Crippen LogP contribution in [0.5, 0.6) is 0 Å². The van der Waals surface area contributed by atoms with E-state index in [1.165, 1.54) is 20.0 Å². The molecule has 2 amide bonds. The lowest BCUT2D eigenvalue weighted by Gasteiger charge is -2.31. The van der Waals surface area contributed by atoms with Crippen molar-refractivity contribution in [1.29, 1.82) is 0 Å². The van der Waals surface area contributed by atoms with Crippen LogP contribution in [-0.2, 0) is 9.53 Å². The van der Waals surface area contributed by atoms with Gasteiger partial charge in [-0.15, -0.1) is 0 Å². The zero-order valence-electron chi connectivity index (χ0n) is 25.4. The van der Waals surface area contributed by atoms with Gasteiger partial charge in [0.25, 0.3) is 0 Å². The molecule has 44 heavy (non-hydrogen) atoms. The predicted molar refractivity (Wildman–Crippen MR) is 165 cm³/mol. The van der Waals surface area contributed by atoms with Crippen molar-refractivity contribution in [3.63, 3.8) is 0 Å². The number of alkyl carbamates (subject to hydrolysis) is 1. The number of methoxy groups -OCH3 is 1. The normalized spacial score (nSPS) is 27.6. The number of hydrogen-bond acceptors (Lipinski definition) is 6. The maximum Gasteiger partial charge on any atom is 0.407 e. The van der Waals surface area contributed by atoms with Crippen LogP contribution in [0, 0.1) is 29.6 Å². The van der Waals surface area contributed by atoms with Crippen LogP contribution >= 0.6 is 0 Å². The van der Waals surface area contributed by atoms with Gasteiger partial charge in [0.1, 0.15) is 17.7 Å². The number of amides is 2. The van der Waals surface area contributed by atoms with Crippen LogP contribution in [0.25, 0.3) is 22.1 Å². The van der Waals surface area contributed by atoms with E-state index in [0.29, 0.717) is 12.0 Å². The molecular formula is C34H37N7O3. The lowest BCUT2D eigenvalue weighted by Crippen LogP contribution is -2.52. The zero-order valence-corrected chi connectivity index (χ0v) is 25.4. The number of rotatable bonds is 5. The molecule has 3 unspecified atom stereocenters. The standard InChI is InChI=1S/C34H37N7O3/c1-17(2)30(39-34(43)44-4)33(42)41-27-14-21(27)16-29(41)32-36-23-10-8-19(12-25(23)38-32)6-5-18-7-9-22-24(11-18)37-31(35-22)28-15-20-13-26(20)40(28)3/h7-12,17,20-21,26-30H,13-16H2,1-4H3,(H,35,37)(H,36,38)(H,39,43)/t20-,21-,26?,27?,28+,29+,30?/m1/s1. The fraction of sp³-hybridized carbons (Fsp3) is 0.471. The molecule has 2 aromatic heterocycles. The molecule has 0 spiro atoms. The van der Waals surface area contributed by atoms with Crippen molar-refractivity contribution >= 4 is 34.1 Å². The molecule has 10 nitrogen and oxygen atoms in total. The van der Waals surface area contributed by atoms with Gasteiger partial charge in [-0.25, -0.2) is 14.8 Å². The summed E-state index contributed by atoms with van der Waals surface area (Å²) in [7, 11) is 3.52. The molecular weight excluding hydrogens is 554 g/mol. The first-order valence-corrected chi connectivity index (χ1v) is 15.7. The van der Waals surface area contributed by atoms with Gasteiger partial charge in [0.15, 0.2) is 0 Å². The second-order valence-corrected chi connectivity index (χ2v) is 13.4. The number of H-pyrrole nitrogens is 2. The Labute approximate surface area is 255 Å². The molecule has 4 fully saturated rings. The molecule has 0 bridgehead atoms. The summed E-state index contributed by atoms with van der Waals surface area (Å²) in [5, 5.41) is 2.74. The number of ether oxygens (including phenoxy) is 1. The molecule has 4 aromatic rings. The molecule has 3 N–H and O–H groups in total. The molecule has 2 aliphatic carbocycles. The Morgan fingerprint density at radius 3 is 2.02 bits per heavy atom. The number of nitrogens with zero attached hydrogens (tertiary/aromatic N) is 4. The summed E-state index contributed by atoms with van der Waals surface area (Å²) >= 11 is 0. The third kappa shape index (κ3) is 4.61. The number of likely N-dealkylation sites (tertiary alicyclic amines) is 2. The summed E-state index contributed by atoms with van der Waals surface area (Å²) in [5.41, 5.74) is 5.54. The zero-order chi connectivity index (χ0) is 30.3. The van der Waals surface area contributed by atoms with E-state index < -0.39 is 12.1 Å². The second-order valence-electron chi connectivity index (χ2n) is 13.4. The maximum absolute atomic E-state index is 13.7. The maximum atomic E-state index is 13.7. The van der Waals surface area contributed by atoms with Crippen molar-refractivity contribution in [3.8, 4) is 11.8 Å². The summed E-state index contributed by atoms with van der Waals surface area (Å²) in [6, 6.07) is 12.6. The van der Waals surface area contributed by atoms with E-state index in [2.05, 4.69) is 45.1 Å². The number of piperidine rings is 2. The topological polar surface area (TPSA) is 119 Å². The highest BCUT2D eigenvalue weighted by molar-refractivity contribution is 5.87. The van der Waals surface area contributed by atoms with Gasteiger partial charge in [-0.3, -0.25) is 9.69 Å². The molecule has 2 aliphatic heterocycles. The van der Waals surface area contributed by atoms with E-state index in [4.69, 9.17) is 14.7 Å². The first kappa shape index (κ1) is 27.2. The number of imidazole rings is 2. The van der Waals surface area contributed by atoms with Gasteiger partial charge < -0.3 is 24.9 Å². The summed E-state index contributed by atoms with van der Waals surface area (Å²) in [6.45, 7) is 3.86. The number of hydrogen-bond donors (Lipinski definition) is 3. The quantitative estimate of drug-likeness (QED) is 0.291. The van der Waals surface area contributed by atoms with Crippen molar-refractivity contribution in [2.75, 3.05) is 14.2 Å². The van der Waals surface area contributed by atoms with Crippen molar-refractivity contribution in [2.24, 2.45) is 17.8 Å². The van der Waals surface area contributed by atoms with Crippen LogP contribution in [0.3, 0.4) is 0 Å². The minimum Gasteiger partial charge on any atom is -0.453 e. The Morgan fingerprint density at radius 2 is 1.45 bits per heavy atom. The fourth-order valence-corrected chi connectivity index (χ4v) is 7.52. The van der Waals surface area contributed by atoms with E-state index in [0.717, 1.165) is 69.6 Å². The van der Waals surface area contributed by atoms with Crippen LogP contribution in [0.2, 0.25) is 0 Å². The molecule has 2 saturated carbocycles. The van der Waals surface area contributed by atoms with Gasteiger partial charge in [-0.1, -0.05) is 25.7 Å². The number of aromatic nitrogens is 4. The molecule has 0 radical (unpaired) electrons. The average molecular weight is 592 g/mol. The van der Waals surface area contributed by atoms with Gasteiger partial charge in [0.2, 0.25) is 5.91 Å². The SMILES string of the molecule is COC(=O)NC(C(=O)N1C2C[C@@H]2C[C@H]1c1nc2ccc(C#Cc3ccc4nc([C@@H]5C[C@H]6CC6N5C)[nH]c4c3)cc2[nH]1)C(C)C. The Hall–Kier alpha value is -4.36. The second kappa shape index (κ2) is 10.1. The van der Waals surface area contributed by atoms with E-state index in [1.54, 1.807) is 0 Å². The molecule has 226 valence electrons. The molecule has 4 heterocycles. The van der Waals surface area contributed by atoms with Crippen LogP contribution in [0.1, 0.15) is 74.4 Å². The number of benzene rings is 2. The Bertz CT molecular complexity index is 1860. The molecule has 8 rings (SSSR count). The first-order valence-electron chi connectivity index (χ1n) is 15.7. The van der Waals surface area contributed by atoms with Gasteiger partial charge >= 0.3 is 6.09 Å². The first-order chi connectivity index (χ1) is 21.3. The van der Waals surface area contributed by atoms with E-state index in [-0.39, 0.29) is 23.9 Å². The lowest BCUT2D eigenvalue weighted by molar-refractivity contribution is -0.136. The highest BCUT2D eigenvalue weighted by Gasteiger charge is 2.56. The Morgan fingerprint density at radius 1 is 0.886 bits per heavy atom. The van der Waals surface area contributed by atoms with Gasteiger partial charge in [-0.2, -0.15) is 0 Å². The van der Waals surface area contributed by atoms with E-state index in [9.17, 15) is 9.59 Å². The smallest absolute Gasteiger partial charge is 0.407 e. The third-order valence-electron chi connectivity index (χ3n) is 10.2. The van der Waals surface area contributed by atoms with Crippen LogP contribution in [0.15, 0.2) is 36.4 Å². The highest BCUT2D eigenvalue weighted by atomic mass is 16.5. The Balaban J connectivity index is 1.02. The summed E-state index contributed by atoms with van der Waals surface area (Å²) in [4.78, 5) is 46.9. The van der Waals surface area contributed by atoms with E-state index in [1.807, 2.05) is 49.1 Å². The van der Waals surface area contributed by atoms with Gasteiger partial charge in [0, 0.05) is 23.2 Å². The fourth-order valence-electron chi connectivity index (χ4n) is 7.52. The van der Waals surface area contributed by atoms with Crippen molar-refractivity contribution in [3.05, 3.63) is 59.2 Å². The number of fused-ring (bicyclic) bond motifs is 4. The van der Waals surface area contributed by atoms with Crippen molar-refractivity contribution in [2.45, 2.75) is 69.7 Å². The molecule has 7 atom stereocenters. The van der Waals surface area contributed by atoms with Crippen molar-refractivity contribution < 1.29 is 14.3 Å². The minimum atomic E-state index is -0.655. The lowest BCUT2D eigenvalue weighted by atomic mass is 10.0. The minimum absolute atomic E-state index is 0.0765. The van der Waals surface area contributed by atoms with Gasteiger partial charge in [0.05, 0.1) is 41.3 Å². The summed E-state index contributed by atoms with van der Waals surface area (Å²) in [5.74, 6) is 9.61. The van der Waals surface area contributed by atoms with Crippen LogP contribution in [-0.4, -0.2) is 74.0 Å². The molecule has 2 aromatic carbocycles.